The topological polar surface area (TPSA) is 50.4 Å². The van der Waals surface area contributed by atoms with Crippen molar-refractivity contribution < 1.29 is 22.7 Å². The van der Waals surface area contributed by atoms with Gasteiger partial charge in [-0.15, -0.1) is 13.2 Å². The number of halogens is 3. The third kappa shape index (κ3) is 3.91. The van der Waals surface area contributed by atoms with Crippen LogP contribution in [0.1, 0.15) is 38.5 Å². The van der Waals surface area contributed by atoms with Crippen LogP contribution in [-0.2, 0) is 4.79 Å². The Morgan fingerprint density at radius 3 is 2.08 bits per heavy atom. The molecule has 2 N–H and O–H groups in total. The summed E-state index contributed by atoms with van der Waals surface area (Å²) < 4.78 is 40.3. The van der Waals surface area contributed by atoms with Crippen LogP contribution in [-0.4, -0.2) is 24.4 Å². The number of ether oxygens (including phenoxy) is 1. The van der Waals surface area contributed by atoms with Gasteiger partial charge in [-0.05, 0) is 80.5 Å². The second-order valence-corrected chi connectivity index (χ2v) is 8.17. The van der Waals surface area contributed by atoms with Crippen molar-refractivity contribution >= 4 is 11.6 Å². The van der Waals surface area contributed by atoms with Gasteiger partial charge in [-0.1, -0.05) is 0 Å². The molecule has 0 radical (unpaired) electrons. The van der Waals surface area contributed by atoms with Crippen molar-refractivity contribution in [2.45, 2.75) is 50.4 Å². The average molecular weight is 368 g/mol. The zero-order valence-electron chi connectivity index (χ0n) is 14.4. The summed E-state index contributed by atoms with van der Waals surface area (Å²) >= 11 is 0. The van der Waals surface area contributed by atoms with E-state index in [4.69, 9.17) is 0 Å². The Kier molecular flexibility index (Phi) is 4.28. The van der Waals surface area contributed by atoms with E-state index in [2.05, 4.69) is 15.4 Å². The zero-order valence-corrected chi connectivity index (χ0v) is 14.4. The number of carbonyl (C=O) groups is 1. The van der Waals surface area contributed by atoms with Gasteiger partial charge >= 0.3 is 6.36 Å². The minimum Gasteiger partial charge on any atom is -0.406 e. The number of anilines is 1. The summed E-state index contributed by atoms with van der Waals surface area (Å²) in [6.07, 6.45) is 2.53. The van der Waals surface area contributed by atoms with Gasteiger partial charge in [-0.25, -0.2) is 0 Å². The molecule has 1 aromatic rings. The molecule has 4 nitrogen and oxygen atoms in total. The first-order chi connectivity index (χ1) is 12.3. The number of rotatable bonds is 5. The van der Waals surface area contributed by atoms with E-state index in [1.165, 1.54) is 43.5 Å². The molecule has 0 aliphatic heterocycles. The summed E-state index contributed by atoms with van der Waals surface area (Å²) in [7, 11) is 0. The molecule has 26 heavy (non-hydrogen) atoms. The molecule has 1 aromatic carbocycles. The summed E-state index contributed by atoms with van der Waals surface area (Å²) in [6.45, 7) is 0.112. The highest BCUT2D eigenvalue weighted by Crippen LogP contribution is 2.55. The fourth-order valence-corrected chi connectivity index (χ4v) is 5.56. The smallest absolute Gasteiger partial charge is 0.406 e. The van der Waals surface area contributed by atoms with E-state index in [1.807, 2.05) is 0 Å². The van der Waals surface area contributed by atoms with Crippen LogP contribution >= 0.6 is 0 Å². The lowest BCUT2D eigenvalue weighted by atomic mass is 9.53. The van der Waals surface area contributed by atoms with E-state index in [-0.39, 0.29) is 23.7 Å². The fourth-order valence-electron chi connectivity index (χ4n) is 5.56. The van der Waals surface area contributed by atoms with Gasteiger partial charge in [0.1, 0.15) is 5.75 Å². The van der Waals surface area contributed by atoms with Crippen molar-refractivity contribution in [1.82, 2.24) is 5.32 Å². The molecular weight excluding hydrogens is 345 g/mol. The molecule has 0 heterocycles. The van der Waals surface area contributed by atoms with Crippen molar-refractivity contribution in [3.8, 4) is 5.75 Å². The summed E-state index contributed by atoms with van der Waals surface area (Å²) in [5.41, 5.74) is 0.554. The molecule has 0 unspecified atom stereocenters. The number of carbonyl (C=O) groups excluding carboxylic acids is 1. The Morgan fingerprint density at radius 2 is 1.58 bits per heavy atom. The van der Waals surface area contributed by atoms with Gasteiger partial charge in [0.15, 0.2) is 0 Å². The summed E-state index contributed by atoms with van der Waals surface area (Å²) in [6, 6.07) is 5.40. The van der Waals surface area contributed by atoms with Gasteiger partial charge in [-0.2, -0.15) is 0 Å². The average Bonchev–Trinajstić information content (AvgIpc) is 2.51. The number of hydrogen-bond donors (Lipinski definition) is 2. The van der Waals surface area contributed by atoms with Gasteiger partial charge < -0.3 is 15.4 Å². The van der Waals surface area contributed by atoms with Crippen LogP contribution in [0.4, 0.5) is 18.9 Å². The fraction of sp³-hybridized carbons (Fsp3) is 0.632. The van der Waals surface area contributed by atoms with E-state index in [1.54, 1.807) is 0 Å². The van der Waals surface area contributed by atoms with Gasteiger partial charge in [0.05, 0.1) is 6.54 Å². The van der Waals surface area contributed by atoms with E-state index >= 15 is 0 Å². The van der Waals surface area contributed by atoms with Gasteiger partial charge in [0.2, 0.25) is 5.91 Å². The number of benzene rings is 1. The monoisotopic (exact) mass is 368 g/mol. The van der Waals surface area contributed by atoms with E-state index < -0.39 is 6.36 Å². The van der Waals surface area contributed by atoms with Crippen molar-refractivity contribution in [2.24, 2.45) is 17.8 Å². The van der Waals surface area contributed by atoms with Crippen molar-refractivity contribution in [2.75, 3.05) is 11.9 Å². The van der Waals surface area contributed by atoms with Crippen LogP contribution in [0.25, 0.3) is 0 Å². The highest BCUT2D eigenvalue weighted by Gasteiger charge is 2.51. The SMILES string of the molecule is O=C(CNc1ccc(OC(F)(F)F)cc1)NC12CC3CC(CC(C3)C1)C2. The largest absolute Gasteiger partial charge is 0.573 e. The number of alkyl halides is 3. The molecule has 7 heteroatoms. The second-order valence-electron chi connectivity index (χ2n) is 8.17. The summed E-state index contributed by atoms with van der Waals surface area (Å²) in [4.78, 5) is 12.4. The highest BCUT2D eigenvalue weighted by molar-refractivity contribution is 5.81. The second kappa shape index (κ2) is 6.35. The predicted octanol–water partition coefficient (Wildman–Crippen LogP) is 4.08. The quantitative estimate of drug-likeness (QED) is 0.823. The Labute approximate surface area is 150 Å². The van der Waals surface area contributed by atoms with Crippen LogP contribution in [0.15, 0.2) is 24.3 Å². The molecule has 0 saturated heterocycles. The van der Waals surface area contributed by atoms with Crippen molar-refractivity contribution in [3.05, 3.63) is 24.3 Å². The maximum atomic E-state index is 12.4. The summed E-state index contributed by atoms with van der Waals surface area (Å²) in [5.74, 6) is 1.95. The first-order valence-corrected chi connectivity index (χ1v) is 9.19. The Morgan fingerprint density at radius 1 is 1.04 bits per heavy atom. The maximum absolute atomic E-state index is 12.4. The predicted molar refractivity (Wildman–Crippen MR) is 90.7 cm³/mol. The molecule has 5 rings (SSSR count). The van der Waals surface area contributed by atoms with E-state index in [0.717, 1.165) is 37.0 Å². The molecule has 4 aliphatic rings. The summed E-state index contributed by atoms with van der Waals surface area (Å²) in [5, 5.41) is 6.23. The Balaban J connectivity index is 1.29. The van der Waals surface area contributed by atoms with Crippen LogP contribution in [0.5, 0.6) is 5.75 Å². The molecule has 1 amide bonds. The normalized spacial score (nSPS) is 32.3. The minimum atomic E-state index is -4.70. The Bertz CT molecular complexity index is 637. The first-order valence-electron chi connectivity index (χ1n) is 9.19. The molecule has 4 fully saturated rings. The number of amides is 1. The first kappa shape index (κ1) is 17.5. The number of hydrogen-bond acceptors (Lipinski definition) is 3. The lowest BCUT2D eigenvalue weighted by Crippen LogP contribution is -2.60. The molecule has 0 aromatic heterocycles. The van der Waals surface area contributed by atoms with Gasteiger partial charge in [-0.3, -0.25) is 4.79 Å². The van der Waals surface area contributed by atoms with Crippen LogP contribution in [0, 0.1) is 17.8 Å². The molecule has 142 valence electrons. The van der Waals surface area contributed by atoms with Crippen LogP contribution < -0.4 is 15.4 Å². The van der Waals surface area contributed by atoms with E-state index in [0.29, 0.717) is 5.69 Å². The van der Waals surface area contributed by atoms with Crippen molar-refractivity contribution in [3.63, 3.8) is 0 Å². The molecule has 4 saturated carbocycles. The van der Waals surface area contributed by atoms with Gasteiger partial charge in [0.25, 0.3) is 0 Å². The Hall–Kier alpha value is -1.92. The lowest BCUT2D eigenvalue weighted by molar-refractivity contribution is -0.274. The minimum absolute atomic E-state index is 0.0298. The van der Waals surface area contributed by atoms with Crippen molar-refractivity contribution in [1.29, 1.82) is 0 Å². The number of nitrogens with one attached hydrogen (secondary N) is 2. The third-order valence-electron chi connectivity index (χ3n) is 5.98. The molecule has 4 aliphatic carbocycles. The molecule has 4 bridgehead atoms. The molecule has 0 spiro atoms. The standard InChI is InChI=1S/C19H23F3N2O2/c20-19(21,22)26-16-3-1-15(2-4-16)23-11-17(25)24-18-8-12-5-13(9-18)7-14(6-12)10-18/h1-4,12-14,23H,5-11H2,(H,24,25). The van der Waals surface area contributed by atoms with Crippen LogP contribution in [0.2, 0.25) is 0 Å². The maximum Gasteiger partial charge on any atom is 0.573 e. The molecule has 0 atom stereocenters. The van der Waals surface area contributed by atoms with Gasteiger partial charge in [0, 0.05) is 11.2 Å². The zero-order chi connectivity index (χ0) is 18.4. The van der Waals surface area contributed by atoms with E-state index in [9.17, 15) is 18.0 Å². The van der Waals surface area contributed by atoms with Crippen LogP contribution in [0.3, 0.4) is 0 Å². The molecular formula is C19H23F3N2O2. The lowest BCUT2D eigenvalue weighted by Gasteiger charge is -2.56. The highest BCUT2D eigenvalue weighted by atomic mass is 19.4. The third-order valence-corrected chi connectivity index (χ3v) is 5.98.